The molecule has 1 aliphatic heterocycles. The number of anilines is 1. The van der Waals surface area contributed by atoms with Gasteiger partial charge in [-0.2, -0.15) is 0 Å². The van der Waals surface area contributed by atoms with Crippen molar-refractivity contribution >= 4 is 16.9 Å². The van der Waals surface area contributed by atoms with Crippen molar-refractivity contribution in [1.82, 2.24) is 15.3 Å². The van der Waals surface area contributed by atoms with Gasteiger partial charge in [-0.25, -0.2) is 9.97 Å². The van der Waals surface area contributed by atoms with E-state index in [1.165, 1.54) is 0 Å². The number of aromatic nitrogens is 2. The van der Waals surface area contributed by atoms with Gasteiger partial charge in [0.2, 0.25) is 0 Å². The smallest absolute Gasteiger partial charge is 0.258 e. The van der Waals surface area contributed by atoms with E-state index >= 15 is 0 Å². The summed E-state index contributed by atoms with van der Waals surface area (Å²) >= 11 is 0. The molecular formula is C13H16N4O. The Labute approximate surface area is 106 Å². The van der Waals surface area contributed by atoms with Crippen molar-refractivity contribution in [3.05, 3.63) is 24.3 Å². The molecule has 1 aliphatic rings. The third-order valence-electron chi connectivity index (χ3n) is 3.07. The summed E-state index contributed by atoms with van der Waals surface area (Å²) < 4.78 is 5.91. The van der Waals surface area contributed by atoms with Crippen LogP contribution in [-0.2, 0) is 0 Å². The van der Waals surface area contributed by atoms with E-state index in [1.54, 1.807) is 0 Å². The highest BCUT2D eigenvalue weighted by molar-refractivity contribution is 5.77. The number of benzene rings is 1. The van der Waals surface area contributed by atoms with Gasteiger partial charge in [-0.3, -0.25) is 0 Å². The number of hydrogen-bond acceptors (Lipinski definition) is 5. The summed E-state index contributed by atoms with van der Waals surface area (Å²) in [7, 11) is 1.83. The van der Waals surface area contributed by atoms with Gasteiger partial charge in [-0.15, -0.1) is 0 Å². The minimum atomic E-state index is 0.188. The Kier molecular flexibility index (Phi) is 2.98. The summed E-state index contributed by atoms with van der Waals surface area (Å²) in [5.74, 6) is 1.28. The first-order valence-corrected chi connectivity index (χ1v) is 6.19. The minimum Gasteiger partial charge on any atom is -0.470 e. The standard InChI is InChI=1S/C13H16N4O/c1-14-12-13(18-9-6-7-15-8-9)17-11-5-3-2-4-10(11)16-12/h2-5,9,15H,6-8H2,1H3,(H,14,16). The van der Waals surface area contributed by atoms with Crippen molar-refractivity contribution in [2.24, 2.45) is 0 Å². The van der Waals surface area contributed by atoms with Crippen LogP contribution in [0.5, 0.6) is 5.88 Å². The van der Waals surface area contributed by atoms with E-state index in [4.69, 9.17) is 4.74 Å². The van der Waals surface area contributed by atoms with Gasteiger partial charge < -0.3 is 15.4 Å². The molecule has 0 aliphatic carbocycles. The number of hydrogen-bond donors (Lipinski definition) is 2. The molecule has 1 fully saturated rings. The highest BCUT2D eigenvalue weighted by Crippen LogP contribution is 2.24. The van der Waals surface area contributed by atoms with Crippen LogP contribution in [0.25, 0.3) is 11.0 Å². The predicted molar refractivity (Wildman–Crippen MR) is 71.0 cm³/mol. The van der Waals surface area contributed by atoms with Crippen LogP contribution in [0.2, 0.25) is 0 Å². The third kappa shape index (κ3) is 2.09. The molecule has 1 unspecified atom stereocenters. The largest absolute Gasteiger partial charge is 0.470 e. The molecule has 0 bridgehead atoms. The molecule has 1 saturated heterocycles. The second-order valence-corrected chi connectivity index (χ2v) is 4.35. The number of para-hydroxylation sites is 2. The average Bonchev–Trinajstić information content (AvgIpc) is 2.91. The Bertz CT molecular complexity index is 552. The first kappa shape index (κ1) is 11.2. The Morgan fingerprint density at radius 3 is 2.72 bits per heavy atom. The Morgan fingerprint density at radius 2 is 2.06 bits per heavy atom. The van der Waals surface area contributed by atoms with Gasteiger partial charge in [0.05, 0.1) is 11.0 Å². The monoisotopic (exact) mass is 244 g/mol. The summed E-state index contributed by atoms with van der Waals surface area (Å²) in [5, 5.41) is 6.32. The fourth-order valence-corrected chi connectivity index (χ4v) is 2.12. The SMILES string of the molecule is CNc1nc2ccccc2nc1OC1CCNC1. The maximum absolute atomic E-state index is 5.91. The highest BCUT2D eigenvalue weighted by atomic mass is 16.5. The van der Waals surface area contributed by atoms with Gasteiger partial charge in [-0.05, 0) is 25.1 Å². The topological polar surface area (TPSA) is 59.1 Å². The lowest BCUT2D eigenvalue weighted by Gasteiger charge is -2.14. The van der Waals surface area contributed by atoms with Gasteiger partial charge in [0, 0.05) is 13.6 Å². The second-order valence-electron chi connectivity index (χ2n) is 4.35. The first-order valence-electron chi connectivity index (χ1n) is 6.19. The molecule has 3 rings (SSSR count). The van der Waals surface area contributed by atoms with Gasteiger partial charge in [0.15, 0.2) is 5.82 Å². The zero-order valence-corrected chi connectivity index (χ0v) is 10.3. The predicted octanol–water partition coefficient (Wildman–Crippen LogP) is 1.41. The zero-order chi connectivity index (χ0) is 12.4. The van der Waals surface area contributed by atoms with E-state index in [1.807, 2.05) is 31.3 Å². The number of nitrogens with one attached hydrogen (secondary N) is 2. The normalized spacial score (nSPS) is 19.1. The molecule has 5 heteroatoms. The molecule has 5 nitrogen and oxygen atoms in total. The molecule has 18 heavy (non-hydrogen) atoms. The fraction of sp³-hybridized carbons (Fsp3) is 0.385. The van der Waals surface area contributed by atoms with E-state index in [-0.39, 0.29) is 6.10 Å². The second kappa shape index (κ2) is 4.78. The third-order valence-corrected chi connectivity index (χ3v) is 3.07. The summed E-state index contributed by atoms with van der Waals surface area (Å²) in [4.78, 5) is 9.05. The molecular weight excluding hydrogens is 228 g/mol. The lowest BCUT2D eigenvalue weighted by atomic mass is 10.3. The van der Waals surface area contributed by atoms with Crippen LogP contribution < -0.4 is 15.4 Å². The number of fused-ring (bicyclic) bond motifs is 1. The van der Waals surface area contributed by atoms with Crippen LogP contribution in [0.4, 0.5) is 5.82 Å². The quantitative estimate of drug-likeness (QED) is 0.855. The van der Waals surface area contributed by atoms with Crippen molar-refractivity contribution in [3.8, 4) is 5.88 Å². The van der Waals surface area contributed by atoms with E-state index < -0.39 is 0 Å². The molecule has 0 saturated carbocycles. The lowest BCUT2D eigenvalue weighted by Crippen LogP contribution is -2.21. The van der Waals surface area contributed by atoms with Crippen LogP contribution in [-0.4, -0.2) is 36.2 Å². The molecule has 2 N–H and O–H groups in total. The summed E-state index contributed by atoms with van der Waals surface area (Å²) in [5.41, 5.74) is 1.73. The van der Waals surface area contributed by atoms with Crippen molar-refractivity contribution in [1.29, 1.82) is 0 Å². The van der Waals surface area contributed by atoms with E-state index in [0.29, 0.717) is 11.7 Å². The molecule has 0 radical (unpaired) electrons. The van der Waals surface area contributed by atoms with E-state index in [2.05, 4.69) is 20.6 Å². The maximum atomic E-state index is 5.91. The average molecular weight is 244 g/mol. The summed E-state index contributed by atoms with van der Waals surface area (Å²) in [6.45, 7) is 1.87. The Morgan fingerprint density at radius 1 is 1.28 bits per heavy atom. The van der Waals surface area contributed by atoms with E-state index in [9.17, 15) is 0 Å². The zero-order valence-electron chi connectivity index (χ0n) is 10.3. The lowest BCUT2D eigenvalue weighted by molar-refractivity contribution is 0.215. The summed E-state index contributed by atoms with van der Waals surface area (Å²) in [6, 6.07) is 7.81. The Hall–Kier alpha value is -1.88. The van der Waals surface area contributed by atoms with Crippen LogP contribution >= 0.6 is 0 Å². The van der Waals surface area contributed by atoms with Crippen molar-refractivity contribution < 1.29 is 4.74 Å². The van der Waals surface area contributed by atoms with Crippen molar-refractivity contribution in [2.75, 3.05) is 25.5 Å². The van der Waals surface area contributed by atoms with Gasteiger partial charge in [0.1, 0.15) is 6.10 Å². The van der Waals surface area contributed by atoms with Crippen LogP contribution in [0.3, 0.4) is 0 Å². The minimum absolute atomic E-state index is 0.188. The molecule has 2 heterocycles. The highest BCUT2D eigenvalue weighted by Gasteiger charge is 2.19. The number of ether oxygens (including phenoxy) is 1. The van der Waals surface area contributed by atoms with Crippen molar-refractivity contribution in [3.63, 3.8) is 0 Å². The molecule has 1 atom stereocenters. The van der Waals surface area contributed by atoms with Gasteiger partial charge in [0.25, 0.3) is 5.88 Å². The molecule has 2 aromatic rings. The van der Waals surface area contributed by atoms with Crippen molar-refractivity contribution in [2.45, 2.75) is 12.5 Å². The molecule has 0 amide bonds. The first-order chi connectivity index (χ1) is 8.86. The van der Waals surface area contributed by atoms with Gasteiger partial charge in [-0.1, -0.05) is 12.1 Å². The molecule has 1 aromatic carbocycles. The molecule has 0 spiro atoms. The summed E-state index contributed by atoms with van der Waals surface area (Å²) in [6.07, 6.45) is 1.20. The van der Waals surface area contributed by atoms with E-state index in [0.717, 1.165) is 30.5 Å². The van der Waals surface area contributed by atoms with Gasteiger partial charge >= 0.3 is 0 Å². The fourth-order valence-electron chi connectivity index (χ4n) is 2.12. The number of nitrogens with zero attached hydrogens (tertiary/aromatic N) is 2. The maximum Gasteiger partial charge on any atom is 0.258 e. The number of rotatable bonds is 3. The molecule has 94 valence electrons. The van der Waals surface area contributed by atoms with Crippen LogP contribution in [0, 0.1) is 0 Å². The van der Waals surface area contributed by atoms with Crippen LogP contribution in [0.15, 0.2) is 24.3 Å². The Balaban J connectivity index is 1.97. The van der Waals surface area contributed by atoms with Crippen LogP contribution in [0.1, 0.15) is 6.42 Å². The molecule has 1 aromatic heterocycles.